The summed E-state index contributed by atoms with van der Waals surface area (Å²) < 4.78 is 0. The predicted molar refractivity (Wildman–Crippen MR) is 82.7 cm³/mol. The molecule has 2 aliphatic rings. The molecule has 1 saturated carbocycles. The first-order valence-electron chi connectivity index (χ1n) is 7.74. The van der Waals surface area contributed by atoms with Crippen LogP contribution in [0.5, 0.6) is 0 Å². The van der Waals surface area contributed by atoms with Crippen molar-refractivity contribution in [3.8, 4) is 0 Å². The topological polar surface area (TPSA) is 49.4 Å². The van der Waals surface area contributed by atoms with Gasteiger partial charge in [0.1, 0.15) is 11.6 Å². The van der Waals surface area contributed by atoms with Crippen molar-refractivity contribution in [1.29, 1.82) is 0 Å². The van der Waals surface area contributed by atoms with Crippen LogP contribution < -0.4 is 5.32 Å². The molecule has 1 heterocycles. The van der Waals surface area contributed by atoms with Gasteiger partial charge < -0.3 is 10.2 Å². The quantitative estimate of drug-likeness (QED) is 0.792. The van der Waals surface area contributed by atoms with E-state index in [2.05, 4.69) is 19.2 Å². The fourth-order valence-corrected chi connectivity index (χ4v) is 4.18. The van der Waals surface area contributed by atoms with Crippen molar-refractivity contribution in [2.75, 3.05) is 11.5 Å². The first-order valence-corrected chi connectivity index (χ1v) is 8.90. The second kappa shape index (κ2) is 6.37. The average Bonchev–Trinajstić information content (AvgIpc) is 2.87. The van der Waals surface area contributed by atoms with Gasteiger partial charge in [-0.1, -0.05) is 19.8 Å². The summed E-state index contributed by atoms with van der Waals surface area (Å²) in [6.45, 7) is 6.06. The number of nitrogens with zero attached hydrogens (tertiary/aromatic N) is 1. The molecule has 5 heteroatoms. The summed E-state index contributed by atoms with van der Waals surface area (Å²) in [4.78, 5) is 27.0. The fraction of sp³-hybridized carbons (Fsp3) is 0.867. The van der Waals surface area contributed by atoms with Gasteiger partial charge in [-0.25, -0.2) is 0 Å². The zero-order valence-electron chi connectivity index (χ0n) is 12.8. The summed E-state index contributed by atoms with van der Waals surface area (Å²) in [5, 5.41) is 3.01. The van der Waals surface area contributed by atoms with Crippen LogP contribution in [0.25, 0.3) is 0 Å². The summed E-state index contributed by atoms with van der Waals surface area (Å²) in [6.07, 6.45) is 4.63. The first-order chi connectivity index (χ1) is 9.52. The number of thioether (sulfide) groups is 1. The number of piperazine rings is 1. The van der Waals surface area contributed by atoms with E-state index in [4.69, 9.17) is 0 Å². The summed E-state index contributed by atoms with van der Waals surface area (Å²) in [5.41, 5.74) is -0.588. The molecule has 2 atom stereocenters. The molecule has 2 amide bonds. The predicted octanol–water partition coefficient (Wildman–Crippen LogP) is 2.18. The maximum atomic E-state index is 12.9. The van der Waals surface area contributed by atoms with Crippen LogP contribution in [0, 0.1) is 0 Å². The normalized spacial score (nSPS) is 26.9. The smallest absolute Gasteiger partial charge is 0.249 e. The van der Waals surface area contributed by atoms with E-state index < -0.39 is 5.54 Å². The lowest BCUT2D eigenvalue weighted by Crippen LogP contribution is -2.70. The van der Waals surface area contributed by atoms with E-state index in [1.807, 2.05) is 23.6 Å². The van der Waals surface area contributed by atoms with Crippen molar-refractivity contribution in [2.45, 2.75) is 70.5 Å². The van der Waals surface area contributed by atoms with Crippen molar-refractivity contribution < 1.29 is 9.59 Å². The first kappa shape index (κ1) is 15.7. The Kier molecular flexibility index (Phi) is 4.99. The van der Waals surface area contributed by atoms with Crippen LogP contribution in [-0.2, 0) is 9.59 Å². The molecule has 1 aliphatic carbocycles. The third kappa shape index (κ3) is 2.83. The molecule has 1 N–H and O–H groups in total. The van der Waals surface area contributed by atoms with Gasteiger partial charge in [-0.2, -0.15) is 11.8 Å². The van der Waals surface area contributed by atoms with Crippen LogP contribution in [0.2, 0.25) is 0 Å². The number of hydrogen-bond donors (Lipinski definition) is 1. The molecule has 0 aromatic heterocycles. The third-order valence-electron chi connectivity index (χ3n) is 4.62. The highest BCUT2D eigenvalue weighted by Crippen LogP contribution is 2.35. The monoisotopic (exact) mass is 298 g/mol. The molecule has 4 nitrogen and oxygen atoms in total. The second-order valence-electron chi connectivity index (χ2n) is 6.00. The van der Waals surface area contributed by atoms with Gasteiger partial charge in [-0.15, -0.1) is 0 Å². The van der Waals surface area contributed by atoms with Gasteiger partial charge in [0.25, 0.3) is 0 Å². The highest BCUT2D eigenvalue weighted by Gasteiger charge is 2.51. The Morgan fingerprint density at radius 2 is 2.05 bits per heavy atom. The maximum Gasteiger partial charge on any atom is 0.249 e. The van der Waals surface area contributed by atoms with E-state index in [9.17, 15) is 9.59 Å². The molecule has 2 fully saturated rings. The Labute approximate surface area is 126 Å². The second-order valence-corrected chi connectivity index (χ2v) is 7.40. The summed E-state index contributed by atoms with van der Waals surface area (Å²) in [5.74, 6) is 2.31. The molecule has 1 aliphatic heterocycles. The molecule has 2 rings (SSSR count). The van der Waals surface area contributed by atoms with Crippen molar-refractivity contribution in [1.82, 2.24) is 10.2 Å². The van der Waals surface area contributed by atoms with Gasteiger partial charge >= 0.3 is 0 Å². The van der Waals surface area contributed by atoms with Gasteiger partial charge in [-0.05, 0) is 44.6 Å². The minimum atomic E-state index is -0.588. The van der Waals surface area contributed by atoms with Crippen LogP contribution in [-0.4, -0.2) is 45.8 Å². The van der Waals surface area contributed by atoms with Crippen LogP contribution in [0.3, 0.4) is 0 Å². The minimum Gasteiger partial charge on any atom is -0.340 e. The third-order valence-corrected chi connectivity index (χ3v) is 5.55. The zero-order valence-corrected chi connectivity index (χ0v) is 13.6. The number of rotatable bonds is 5. The molecular weight excluding hydrogens is 272 g/mol. The molecule has 2 unspecified atom stereocenters. The Bertz CT molecular complexity index is 380. The van der Waals surface area contributed by atoms with E-state index >= 15 is 0 Å². The van der Waals surface area contributed by atoms with Crippen molar-refractivity contribution in [3.63, 3.8) is 0 Å². The lowest BCUT2D eigenvalue weighted by atomic mass is 9.90. The molecule has 0 bridgehead atoms. The Morgan fingerprint density at radius 3 is 2.65 bits per heavy atom. The molecule has 0 aromatic rings. The average molecular weight is 298 g/mol. The summed E-state index contributed by atoms with van der Waals surface area (Å²) in [7, 11) is 0. The van der Waals surface area contributed by atoms with E-state index in [-0.39, 0.29) is 23.9 Å². The molecular formula is C15H26N2O2S. The standard InChI is InChI=1S/C15H26N2O2S/c1-4-20-10-7-11(2)17-12(3)13(18)16-15(14(17)19)8-5-6-9-15/h11-12H,4-10H2,1-3H3,(H,16,18). The lowest BCUT2D eigenvalue weighted by Gasteiger charge is -2.46. The van der Waals surface area contributed by atoms with Gasteiger partial charge in [0, 0.05) is 6.04 Å². The lowest BCUT2D eigenvalue weighted by molar-refractivity contribution is -0.156. The van der Waals surface area contributed by atoms with Gasteiger partial charge in [0.15, 0.2) is 0 Å². The number of nitrogens with one attached hydrogen (secondary N) is 1. The summed E-state index contributed by atoms with van der Waals surface area (Å²) >= 11 is 1.89. The number of hydrogen-bond acceptors (Lipinski definition) is 3. The summed E-state index contributed by atoms with van der Waals surface area (Å²) in [6, 6.07) is -0.199. The van der Waals surface area contributed by atoms with Crippen molar-refractivity contribution in [2.24, 2.45) is 0 Å². The molecule has 20 heavy (non-hydrogen) atoms. The van der Waals surface area contributed by atoms with Crippen molar-refractivity contribution >= 4 is 23.6 Å². The van der Waals surface area contributed by atoms with Crippen LogP contribution in [0.15, 0.2) is 0 Å². The highest BCUT2D eigenvalue weighted by atomic mass is 32.2. The number of carbonyl (C=O) groups is 2. The molecule has 114 valence electrons. The fourth-order valence-electron chi connectivity index (χ4n) is 3.38. The largest absolute Gasteiger partial charge is 0.340 e. The Morgan fingerprint density at radius 1 is 1.40 bits per heavy atom. The van der Waals surface area contributed by atoms with Gasteiger partial charge in [0.05, 0.1) is 0 Å². The molecule has 1 spiro atoms. The van der Waals surface area contributed by atoms with Crippen LogP contribution in [0.4, 0.5) is 0 Å². The number of carbonyl (C=O) groups excluding carboxylic acids is 2. The van der Waals surface area contributed by atoms with Crippen molar-refractivity contribution in [3.05, 3.63) is 0 Å². The van der Waals surface area contributed by atoms with E-state index in [1.165, 1.54) is 0 Å². The van der Waals surface area contributed by atoms with E-state index in [0.29, 0.717) is 0 Å². The highest BCUT2D eigenvalue weighted by molar-refractivity contribution is 7.99. The maximum absolute atomic E-state index is 12.9. The van der Waals surface area contributed by atoms with E-state index in [0.717, 1.165) is 43.6 Å². The molecule has 0 aromatic carbocycles. The molecule has 1 saturated heterocycles. The molecule has 0 radical (unpaired) electrons. The SMILES string of the molecule is CCSCCC(C)N1C(=O)C2(CCCC2)NC(=O)C1C. The van der Waals surface area contributed by atoms with E-state index in [1.54, 1.807) is 0 Å². The Balaban J connectivity index is 2.11. The minimum absolute atomic E-state index is 0.0153. The van der Waals surface area contributed by atoms with Gasteiger partial charge in [0.2, 0.25) is 11.8 Å². The van der Waals surface area contributed by atoms with Crippen LogP contribution >= 0.6 is 11.8 Å². The Hall–Kier alpha value is -0.710. The van der Waals surface area contributed by atoms with Crippen LogP contribution in [0.1, 0.15) is 52.9 Å². The zero-order chi connectivity index (χ0) is 14.8. The van der Waals surface area contributed by atoms with Gasteiger partial charge in [-0.3, -0.25) is 9.59 Å². The number of amides is 2.